The lowest BCUT2D eigenvalue weighted by Crippen LogP contribution is -2.12. The third-order valence-electron chi connectivity index (χ3n) is 2.47. The fourth-order valence-corrected chi connectivity index (χ4v) is 2.18. The van der Waals surface area contributed by atoms with Gasteiger partial charge in [0, 0.05) is 6.20 Å². The van der Waals surface area contributed by atoms with Crippen molar-refractivity contribution in [3.8, 4) is 5.75 Å². The van der Waals surface area contributed by atoms with Crippen molar-refractivity contribution < 1.29 is 4.74 Å². The first kappa shape index (κ1) is 9.77. The predicted molar refractivity (Wildman–Crippen MR) is 59.2 cm³/mol. The molecule has 4 heteroatoms. The van der Waals surface area contributed by atoms with Crippen molar-refractivity contribution in [1.29, 1.82) is 0 Å². The Morgan fingerprint density at radius 1 is 1.36 bits per heavy atom. The molecule has 1 heterocycles. The molecule has 0 spiro atoms. The fraction of sp³-hybridized carbons (Fsp3) is 0.500. The molecule has 3 nitrogen and oxygen atoms in total. The number of nitrogens with two attached hydrogens (primary N) is 1. The van der Waals surface area contributed by atoms with Crippen LogP contribution in [-0.2, 0) is 0 Å². The van der Waals surface area contributed by atoms with E-state index in [9.17, 15) is 0 Å². The first-order valence-electron chi connectivity index (χ1n) is 4.83. The molecule has 14 heavy (non-hydrogen) atoms. The minimum Gasteiger partial charge on any atom is -0.487 e. The molecular formula is C10H13BrN2O. The molecule has 0 bridgehead atoms. The number of nitrogens with zero attached hydrogens (tertiary/aromatic N) is 1. The molecule has 2 rings (SSSR count). The van der Waals surface area contributed by atoms with E-state index in [1.165, 1.54) is 12.8 Å². The molecule has 1 saturated carbocycles. The Kier molecular flexibility index (Phi) is 2.91. The van der Waals surface area contributed by atoms with Gasteiger partial charge in [-0.3, -0.25) is 4.98 Å². The first-order chi connectivity index (χ1) is 6.77. The summed E-state index contributed by atoms with van der Waals surface area (Å²) in [4.78, 5) is 3.97. The molecule has 1 fully saturated rings. The van der Waals surface area contributed by atoms with E-state index in [0.29, 0.717) is 11.8 Å². The van der Waals surface area contributed by atoms with Crippen LogP contribution in [0.2, 0.25) is 0 Å². The van der Waals surface area contributed by atoms with Crippen LogP contribution in [0.1, 0.15) is 25.7 Å². The average Bonchev–Trinajstić information content (AvgIpc) is 2.64. The second kappa shape index (κ2) is 4.17. The molecule has 0 radical (unpaired) electrons. The highest BCUT2D eigenvalue weighted by Gasteiger charge is 2.18. The van der Waals surface area contributed by atoms with Gasteiger partial charge in [0.2, 0.25) is 0 Å². The SMILES string of the molecule is Nc1cncc(Br)c1OC1CCCC1. The zero-order chi connectivity index (χ0) is 9.97. The van der Waals surface area contributed by atoms with E-state index in [1.54, 1.807) is 12.4 Å². The molecule has 2 N–H and O–H groups in total. The van der Waals surface area contributed by atoms with Gasteiger partial charge in [0.15, 0.2) is 5.75 Å². The Bertz CT molecular complexity index is 304. The van der Waals surface area contributed by atoms with Gasteiger partial charge in [0.25, 0.3) is 0 Å². The lowest BCUT2D eigenvalue weighted by molar-refractivity contribution is 0.209. The van der Waals surface area contributed by atoms with Crippen LogP contribution < -0.4 is 10.5 Å². The molecule has 1 aromatic heterocycles. The van der Waals surface area contributed by atoms with E-state index in [0.717, 1.165) is 23.1 Å². The van der Waals surface area contributed by atoms with Crippen LogP contribution >= 0.6 is 15.9 Å². The molecule has 0 atom stereocenters. The highest BCUT2D eigenvalue weighted by Crippen LogP contribution is 2.33. The van der Waals surface area contributed by atoms with Crippen molar-refractivity contribution in [1.82, 2.24) is 4.98 Å². The summed E-state index contributed by atoms with van der Waals surface area (Å²) in [6, 6.07) is 0. The fourth-order valence-electron chi connectivity index (χ4n) is 1.74. The Morgan fingerprint density at radius 3 is 2.71 bits per heavy atom. The maximum atomic E-state index is 5.82. The maximum absolute atomic E-state index is 5.82. The van der Waals surface area contributed by atoms with Gasteiger partial charge in [-0.05, 0) is 41.6 Å². The standard InChI is InChI=1S/C10H13BrN2O/c11-8-5-13-6-9(12)10(8)14-7-3-1-2-4-7/h5-7H,1-4,12H2. The van der Waals surface area contributed by atoms with E-state index >= 15 is 0 Å². The van der Waals surface area contributed by atoms with E-state index in [1.807, 2.05) is 0 Å². The van der Waals surface area contributed by atoms with Crippen molar-refractivity contribution in [2.24, 2.45) is 0 Å². The molecule has 0 saturated heterocycles. The highest BCUT2D eigenvalue weighted by molar-refractivity contribution is 9.10. The zero-order valence-electron chi connectivity index (χ0n) is 7.87. The smallest absolute Gasteiger partial charge is 0.159 e. The Hall–Kier alpha value is -0.770. The molecule has 1 aromatic rings. The topological polar surface area (TPSA) is 48.1 Å². The summed E-state index contributed by atoms with van der Waals surface area (Å²) in [6.45, 7) is 0. The molecule has 0 amide bonds. The van der Waals surface area contributed by atoms with Crippen LogP contribution in [0.15, 0.2) is 16.9 Å². The van der Waals surface area contributed by atoms with Crippen molar-refractivity contribution in [3.05, 3.63) is 16.9 Å². The molecule has 76 valence electrons. The average molecular weight is 257 g/mol. The van der Waals surface area contributed by atoms with Gasteiger partial charge in [0.1, 0.15) is 0 Å². The summed E-state index contributed by atoms with van der Waals surface area (Å²) in [6.07, 6.45) is 8.44. The number of hydrogen-bond donors (Lipinski definition) is 1. The lowest BCUT2D eigenvalue weighted by atomic mass is 10.3. The molecular weight excluding hydrogens is 244 g/mol. The van der Waals surface area contributed by atoms with Crippen LogP contribution in [0.25, 0.3) is 0 Å². The summed E-state index contributed by atoms with van der Waals surface area (Å²) < 4.78 is 6.66. The Labute approximate surface area is 91.8 Å². The van der Waals surface area contributed by atoms with Gasteiger partial charge < -0.3 is 10.5 Å². The summed E-state index contributed by atoms with van der Waals surface area (Å²) in [5.41, 5.74) is 6.39. The third kappa shape index (κ3) is 2.00. The third-order valence-corrected chi connectivity index (χ3v) is 3.03. The number of nitrogen functional groups attached to an aromatic ring is 1. The monoisotopic (exact) mass is 256 g/mol. The van der Waals surface area contributed by atoms with Crippen molar-refractivity contribution in [2.75, 3.05) is 5.73 Å². The van der Waals surface area contributed by atoms with Crippen molar-refractivity contribution >= 4 is 21.6 Å². The molecule has 0 aliphatic heterocycles. The predicted octanol–water partition coefficient (Wildman–Crippen LogP) is 2.75. The van der Waals surface area contributed by atoms with E-state index in [-0.39, 0.29) is 0 Å². The van der Waals surface area contributed by atoms with Crippen LogP contribution in [0.3, 0.4) is 0 Å². The van der Waals surface area contributed by atoms with Gasteiger partial charge in [-0.25, -0.2) is 0 Å². The molecule has 0 unspecified atom stereocenters. The minimum absolute atomic E-state index is 0.330. The van der Waals surface area contributed by atoms with Crippen LogP contribution in [0.5, 0.6) is 5.75 Å². The highest BCUT2D eigenvalue weighted by atomic mass is 79.9. The number of hydrogen-bond acceptors (Lipinski definition) is 3. The number of rotatable bonds is 2. The number of halogens is 1. The van der Waals surface area contributed by atoms with Crippen molar-refractivity contribution in [2.45, 2.75) is 31.8 Å². The zero-order valence-corrected chi connectivity index (χ0v) is 9.46. The number of anilines is 1. The second-order valence-electron chi connectivity index (χ2n) is 3.56. The molecule has 1 aliphatic carbocycles. The summed E-state index contributed by atoms with van der Waals surface area (Å²) in [5, 5.41) is 0. The number of ether oxygens (including phenoxy) is 1. The first-order valence-corrected chi connectivity index (χ1v) is 5.62. The molecule has 0 aromatic carbocycles. The molecule has 1 aliphatic rings. The maximum Gasteiger partial charge on any atom is 0.159 e. The second-order valence-corrected chi connectivity index (χ2v) is 4.42. The van der Waals surface area contributed by atoms with Crippen molar-refractivity contribution in [3.63, 3.8) is 0 Å². The summed E-state index contributed by atoms with van der Waals surface area (Å²) in [7, 11) is 0. The van der Waals surface area contributed by atoms with Crippen LogP contribution in [-0.4, -0.2) is 11.1 Å². The van der Waals surface area contributed by atoms with Gasteiger partial charge in [-0.1, -0.05) is 0 Å². The van der Waals surface area contributed by atoms with Gasteiger partial charge in [-0.15, -0.1) is 0 Å². The summed E-state index contributed by atoms with van der Waals surface area (Å²) in [5.74, 6) is 0.743. The van der Waals surface area contributed by atoms with Crippen LogP contribution in [0, 0.1) is 0 Å². The largest absolute Gasteiger partial charge is 0.487 e. The van der Waals surface area contributed by atoms with Gasteiger partial charge in [0.05, 0.1) is 22.5 Å². The number of aromatic nitrogens is 1. The van der Waals surface area contributed by atoms with E-state index in [2.05, 4.69) is 20.9 Å². The lowest BCUT2D eigenvalue weighted by Gasteiger charge is -2.15. The van der Waals surface area contributed by atoms with Gasteiger partial charge in [-0.2, -0.15) is 0 Å². The van der Waals surface area contributed by atoms with E-state index < -0.39 is 0 Å². The minimum atomic E-state index is 0.330. The van der Waals surface area contributed by atoms with Crippen LogP contribution in [0.4, 0.5) is 5.69 Å². The summed E-state index contributed by atoms with van der Waals surface area (Å²) >= 11 is 3.39. The van der Waals surface area contributed by atoms with E-state index in [4.69, 9.17) is 10.5 Å². The normalized spacial score (nSPS) is 17.2. The Morgan fingerprint density at radius 2 is 2.07 bits per heavy atom. The Balaban J connectivity index is 2.14. The number of pyridine rings is 1. The quantitative estimate of drug-likeness (QED) is 0.886. The van der Waals surface area contributed by atoms with Gasteiger partial charge >= 0.3 is 0 Å².